The van der Waals surface area contributed by atoms with Gasteiger partial charge in [-0.1, -0.05) is 61.5 Å². The van der Waals surface area contributed by atoms with Crippen molar-refractivity contribution in [2.75, 3.05) is 27.2 Å². The Bertz CT molecular complexity index is 976. The van der Waals surface area contributed by atoms with Gasteiger partial charge in [0.25, 0.3) is 0 Å². The normalized spacial score (nSPS) is 11.9. The van der Waals surface area contributed by atoms with Crippen LogP contribution >= 0.6 is 0 Å². The summed E-state index contributed by atoms with van der Waals surface area (Å²) in [5.74, 6) is 0.859. The average molecular weight is 401 g/mol. The molecule has 4 nitrogen and oxygen atoms in total. The molecule has 0 saturated heterocycles. The van der Waals surface area contributed by atoms with E-state index >= 15 is 0 Å². The third kappa shape index (κ3) is 5.43. The smallest absolute Gasteiger partial charge is 0.119 e. The van der Waals surface area contributed by atoms with Crippen molar-refractivity contribution in [1.82, 2.24) is 4.90 Å². The zero-order valence-electron chi connectivity index (χ0n) is 17.8. The van der Waals surface area contributed by atoms with Gasteiger partial charge in [-0.3, -0.25) is 0 Å². The van der Waals surface area contributed by atoms with Gasteiger partial charge in [-0.05, 0) is 77.8 Å². The van der Waals surface area contributed by atoms with Crippen molar-refractivity contribution in [3.05, 3.63) is 100 Å². The molecule has 0 aliphatic carbocycles. The van der Waals surface area contributed by atoms with Crippen LogP contribution in [0.5, 0.6) is 5.75 Å². The number of hydrogen-bond acceptors (Lipinski definition) is 4. The molecule has 0 radical (unpaired) electrons. The van der Waals surface area contributed by atoms with Crippen LogP contribution in [0.4, 0.5) is 5.69 Å². The molecule has 0 saturated carbocycles. The van der Waals surface area contributed by atoms with Crippen molar-refractivity contribution in [2.45, 2.75) is 13.3 Å². The molecule has 0 amide bonds. The van der Waals surface area contributed by atoms with Gasteiger partial charge >= 0.3 is 0 Å². The maximum Gasteiger partial charge on any atom is 0.119 e. The molecule has 0 N–H and O–H groups in total. The first-order valence-electron chi connectivity index (χ1n) is 10.2. The van der Waals surface area contributed by atoms with Crippen LogP contribution in [-0.4, -0.2) is 32.1 Å². The fraction of sp³-hybridized carbons (Fsp3) is 0.231. The molecule has 0 spiro atoms. The number of benzene rings is 3. The lowest BCUT2D eigenvalue weighted by molar-refractivity contribution is 0.261. The van der Waals surface area contributed by atoms with E-state index in [1.54, 1.807) is 12.1 Å². The zero-order valence-corrected chi connectivity index (χ0v) is 17.8. The van der Waals surface area contributed by atoms with Gasteiger partial charge in [0.2, 0.25) is 0 Å². The summed E-state index contributed by atoms with van der Waals surface area (Å²) in [4.78, 5) is 13.0. The summed E-state index contributed by atoms with van der Waals surface area (Å²) in [6.45, 7) is 3.69. The van der Waals surface area contributed by atoms with Crippen LogP contribution in [0.1, 0.15) is 30.0 Å². The van der Waals surface area contributed by atoms with E-state index in [9.17, 15) is 4.91 Å². The molecule has 0 aliphatic rings. The van der Waals surface area contributed by atoms with E-state index in [0.29, 0.717) is 12.3 Å². The minimum absolute atomic E-state index is 0.431. The van der Waals surface area contributed by atoms with Crippen LogP contribution in [0.3, 0.4) is 0 Å². The SMILES string of the molecule is CC/C(=C(\c1ccc(N=O)cc1)c1ccc(OCCN(C)C)cc1)c1ccccc1. The average Bonchev–Trinajstić information content (AvgIpc) is 2.78. The number of ether oxygens (including phenoxy) is 1. The highest BCUT2D eigenvalue weighted by molar-refractivity contribution is 5.98. The van der Waals surface area contributed by atoms with Gasteiger partial charge in [0.05, 0.1) is 0 Å². The summed E-state index contributed by atoms with van der Waals surface area (Å²) in [6, 6.07) is 26.1. The van der Waals surface area contributed by atoms with E-state index in [1.165, 1.54) is 11.1 Å². The second-order valence-corrected chi connectivity index (χ2v) is 7.39. The summed E-state index contributed by atoms with van der Waals surface area (Å²) in [7, 11) is 4.07. The van der Waals surface area contributed by atoms with Crippen LogP contribution in [0.2, 0.25) is 0 Å². The standard InChI is InChI=1S/C26H28N2O2/c1-4-25(20-8-6-5-7-9-20)26(21-10-14-23(27-29)15-11-21)22-12-16-24(17-13-22)30-19-18-28(2)3/h5-17H,4,18-19H2,1-3H3/b26-25-. The minimum atomic E-state index is 0.431. The maximum atomic E-state index is 10.9. The largest absolute Gasteiger partial charge is 0.492 e. The molecule has 154 valence electrons. The van der Waals surface area contributed by atoms with E-state index in [2.05, 4.69) is 53.4 Å². The molecule has 30 heavy (non-hydrogen) atoms. The Morgan fingerprint density at radius 2 is 1.43 bits per heavy atom. The first kappa shape index (κ1) is 21.5. The van der Waals surface area contributed by atoms with E-state index in [-0.39, 0.29) is 0 Å². The van der Waals surface area contributed by atoms with E-state index in [4.69, 9.17) is 4.74 Å². The lowest BCUT2D eigenvalue weighted by Gasteiger charge is -2.17. The molecular formula is C26H28N2O2. The van der Waals surface area contributed by atoms with Crippen LogP contribution in [0.15, 0.2) is 84.0 Å². The molecule has 0 atom stereocenters. The van der Waals surface area contributed by atoms with Gasteiger partial charge in [-0.2, -0.15) is 0 Å². The predicted octanol–water partition coefficient (Wildman–Crippen LogP) is 6.39. The highest BCUT2D eigenvalue weighted by atomic mass is 16.5. The molecule has 3 aromatic carbocycles. The lowest BCUT2D eigenvalue weighted by atomic mass is 9.88. The molecular weight excluding hydrogens is 372 g/mol. The lowest BCUT2D eigenvalue weighted by Crippen LogP contribution is -2.19. The fourth-order valence-corrected chi connectivity index (χ4v) is 3.43. The molecule has 0 bridgehead atoms. The van der Waals surface area contributed by atoms with Crippen LogP contribution in [-0.2, 0) is 0 Å². The molecule has 0 aliphatic heterocycles. The number of rotatable bonds is 9. The summed E-state index contributed by atoms with van der Waals surface area (Å²) in [5, 5.41) is 3.03. The predicted molar refractivity (Wildman–Crippen MR) is 125 cm³/mol. The zero-order chi connectivity index (χ0) is 21.3. The maximum absolute atomic E-state index is 10.9. The van der Waals surface area contributed by atoms with Crippen molar-refractivity contribution < 1.29 is 4.74 Å². The third-order valence-electron chi connectivity index (χ3n) is 4.99. The van der Waals surface area contributed by atoms with E-state index in [1.807, 2.05) is 44.4 Å². The second-order valence-electron chi connectivity index (χ2n) is 7.39. The molecule has 4 heteroatoms. The highest BCUT2D eigenvalue weighted by Crippen LogP contribution is 2.35. The Kier molecular flexibility index (Phi) is 7.52. The van der Waals surface area contributed by atoms with Crippen LogP contribution < -0.4 is 4.74 Å². The van der Waals surface area contributed by atoms with Crippen molar-refractivity contribution in [3.8, 4) is 5.75 Å². The quantitative estimate of drug-likeness (QED) is 0.308. The first-order chi connectivity index (χ1) is 14.6. The molecule has 3 aromatic rings. The van der Waals surface area contributed by atoms with Gasteiger partial charge in [-0.15, -0.1) is 4.91 Å². The molecule has 0 heterocycles. The summed E-state index contributed by atoms with van der Waals surface area (Å²) < 4.78 is 5.85. The number of likely N-dealkylation sites (N-methyl/N-ethyl adjacent to an activating group) is 1. The summed E-state index contributed by atoms with van der Waals surface area (Å²) in [5.41, 5.74) is 6.20. The van der Waals surface area contributed by atoms with Crippen molar-refractivity contribution in [1.29, 1.82) is 0 Å². The van der Waals surface area contributed by atoms with Gasteiger partial charge < -0.3 is 9.64 Å². The molecule has 0 fully saturated rings. The van der Waals surface area contributed by atoms with Gasteiger partial charge in [-0.25, -0.2) is 0 Å². The minimum Gasteiger partial charge on any atom is -0.492 e. The van der Waals surface area contributed by atoms with Gasteiger partial charge in [0, 0.05) is 6.54 Å². The molecule has 0 aromatic heterocycles. The summed E-state index contributed by atoms with van der Waals surface area (Å²) in [6.07, 6.45) is 0.883. The fourth-order valence-electron chi connectivity index (χ4n) is 3.43. The Labute approximate surface area is 178 Å². The second kappa shape index (κ2) is 10.5. The first-order valence-corrected chi connectivity index (χ1v) is 10.2. The third-order valence-corrected chi connectivity index (χ3v) is 4.99. The monoisotopic (exact) mass is 400 g/mol. The number of allylic oxidation sites excluding steroid dienone is 1. The number of nitroso groups, excluding NO2 is 1. The Balaban J connectivity index is 2.03. The van der Waals surface area contributed by atoms with Crippen LogP contribution in [0, 0.1) is 4.91 Å². The van der Waals surface area contributed by atoms with Crippen molar-refractivity contribution in [3.63, 3.8) is 0 Å². The number of nitrogens with zero attached hydrogens (tertiary/aromatic N) is 2. The van der Waals surface area contributed by atoms with Gasteiger partial charge in [0.15, 0.2) is 0 Å². The Morgan fingerprint density at radius 1 is 0.833 bits per heavy atom. The van der Waals surface area contributed by atoms with Crippen molar-refractivity contribution in [2.24, 2.45) is 5.18 Å². The van der Waals surface area contributed by atoms with Gasteiger partial charge in [0.1, 0.15) is 18.0 Å². The van der Waals surface area contributed by atoms with Crippen LogP contribution in [0.25, 0.3) is 11.1 Å². The Hall–Kier alpha value is -3.24. The number of hydrogen-bond donors (Lipinski definition) is 0. The topological polar surface area (TPSA) is 41.9 Å². The summed E-state index contributed by atoms with van der Waals surface area (Å²) >= 11 is 0. The Morgan fingerprint density at radius 3 is 1.97 bits per heavy atom. The van der Waals surface area contributed by atoms with E-state index < -0.39 is 0 Å². The van der Waals surface area contributed by atoms with E-state index in [0.717, 1.165) is 35.4 Å². The molecule has 0 unspecified atom stereocenters. The highest BCUT2D eigenvalue weighted by Gasteiger charge is 2.13. The molecule has 3 rings (SSSR count). The van der Waals surface area contributed by atoms with Crippen molar-refractivity contribution >= 4 is 16.8 Å².